The zero-order valence-electron chi connectivity index (χ0n) is 16.4. The van der Waals surface area contributed by atoms with Crippen LogP contribution in [0.5, 0.6) is 5.75 Å². The molecule has 3 aromatic rings. The lowest BCUT2D eigenvalue weighted by molar-refractivity contribution is -0.605. The highest BCUT2D eigenvalue weighted by molar-refractivity contribution is 7.92. The van der Waals surface area contributed by atoms with E-state index in [0.29, 0.717) is 21.7 Å². The van der Waals surface area contributed by atoms with E-state index in [2.05, 4.69) is 0 Å². The molecule has 0 spiro atoms. The van der Waals surface area contributed by atoms with Gasteiger partial charge in [0.2, 0.25) is 0 Å². The average Bonchev–Trinajstić information content (AvgIpc) is 2.77. The van der Waals surface area contributed by atoms with Crippen molar-refractivity contribution in [3.8, 4) is 5.75 Å². The first-order chi connectivity index (χ1) is 14.5. The summed E-state index contributed by atoms with van der Waals surface area (Å²) in [5, 5.41) is 20.7. The van der Waals surface area contributed by atoms with Crippen LogP contribution in [-0.4, -0.2) is 33.8 Å². The van der Waals surface area contributed by atoms with Crippen LogP contribution >= 0.6 is 0 Å². The fourth-order valence-electron chi connectivity index (χ4n) is 2.91. The number of aliphatic hydroxyl groups excluding tert-OH is 1. The van der Waals surface area contributed by atoms with Crippen LogP contribution in [0.3, 0.4) is 0 Å². The largest absolute Gasteiger partial charge is 0.619 e. The minimum absolute atomic E-state index is 0.0959. The van der Waals surface area contributed by atoms with Crippen LogP contribution in [0.4, 0.5) is 5.69 Å². The highest BCUT2D eigenvalue weighted by Crippen LogP contribution is 2.29. The van der Waals surface area contributed by atoms with Crippen LogP contribution in [0, 0.1) is 5.21 Å². The third-order valence-electron chi connectivity index (χ3n) is 4.44. The molecule has 0 atom stereocenters. The van der Waals surface area contributed by atoms with Gasteiger partial charge in [-0.3, -0.25) is 4.31 Å². The molecule has 3 rings (SSSR count). The summed E-state index contributed by atoms with van der Waals surface area (Å²) in [4.78, 5) is 0.0959. The van der Waals surface area contributed by atoms with Gasteiger partial charge in [-0.05, 0) is 41.5 Å². The molecule has 2 aromatic carbocycles. The third kappa shape index (κ3) is 4.79. The summed E-state index contributed by atoms with van der Waals surface area (Å²) in [6, 6.07) is 16.4. The maximum absolute atomic E-state index is 13.3. The Morgan fingerprint density at radius 2 is 1.70 bits per heavy atom. The van der Waals surface area contributed by atoms with Crippen LogP contribution < -0.4 is 13.8 Å². The Kier molecular flexibility index (Phi) is 6.71. The zero-order valence-corrected chi connectivity index (χ0v) is 17.2. The van der Waals surface area contributed by atoms with Crippen molar-refractivity contribution >= 4 is 27.9 Å². The second-order valence-corrected chi connectivity index (χ2v) is 8.22. The van der Waals surface area contributed by atoms with E-state index >= 15 is 0 Å². The van der Waals surface area contributed by atoms with Crippen molar-refractivity contribution in [3.05, 3.63) is 89.4 Å². The molecule has 0 fully saturated rings. The van der Waals surface area contributed by atoms with E-state index in [-0.39, 0.29) is 18.0 Å². The Balaban J connectivity index is 2.00. The molecule has 156 valence electrons. The predicted molar refractivity (Wildman–Crippen MR) is 115 cm³/mol. The van der Waals surface area contributed by atoms with Gasteiger partial charge in [-0.1, -0.05) is 30.4 Å². The molecule has 0 bridgehead atoms. The predicted octanol–water partition coefficient (Wildman–Crippen LogP) is 2.69. The van der Waals surface area contributed by atoms with E-state index in [0.717, 1.165) is 5.56 Å². The van der Waals surface area contributed by atoms with Crippen molar-refractivity contribution in [2.24, 2.45) is 0 Å². The van der Waals surface area contributed by atoms with Gasteiger partial charge in [0.25, 0.3) is 10.0 Å². The molecule has 0 radical (unpaired) electrons. The first-order valence-corrected chi connectivity index (χ1v) is 10.6. The summed E-state index contributed by atoms with van der Waals surface area (Å²) >= 11 is 0. The first-order valence-electron chi connectivity index (χ1n) is 9.19. The Hall–Kier alpha value is -3.36. The summed E-state index contributed by atoms with van der Waals surface area (Å²) in [7, 11) is -2.41. The van der Waals surface area contributed by atoms with Crippen LogP contribution in [0.2, 0.25) is 0 Å². The SMILES string of the molecule is COc1ccc(S(=O)(=O)N(CCO)c2ccccc2/C=C/c2cc[n+]([O-])cc2)cc1. The maximum atomic E-state index is 13.3. The lowest BCUT2D eigenvalue weighted by atomic mass is 10.1. The molecule has 30 heavy (non-hydrogen) atoms. The van der Waals surface area contributed by atoms with Gasteiger partial charge >= 0.3 is 0 Å². The fraction of sp³-hybridized carbons (Fsp3) is 0.136. The second-order valence-electron chi connectivity index (χ2n) is 6.36. The lowest BCUT2D eigenvalue weighted by Gasteiger charge is -2.25. The molecule has 0 saturated heterocycles. The number of sulfonamides is 1. The minimum atomic E-state index is -3.91. The van der Waals surface area contributed by atoms with Crippen molar-refractivity contribution in [2.45, 2.75) is 4.90 Å². The number of aromatic nitrogens is 1. The normalized spacial score (nSPS) is 11.5. The number of hydrogen-bond donors (Lipinski definition) is 1. The van der Waals surface area contributed by atoms with Crippen molar-refractivity contribution in [2.75, 3.05) is 24.6 Å². The molecule has 0 aliphatic rings. The van der Waals surface area contributed by atoms with Crippen molar-refractivity contribution in [1.82, 2.24) is 0 Å². The number of para-hydroxylation sites is 1. The molecule has 0 amide bonds. The summed E-state index contributed by atoms with van der Waals surface area (Å²) in [6.07, 6.45) is 6.33. The monoisotopic (exact) mass is 426 g/mol. The topological polar surface area (TPSA) is 93.8 Å². The van der Waals surface area contributed by atoms with E-state index in [4.69, 9.17) is 4.74 Å². The summed E-state index contributed by atoms with van der Waals surface area (Å²) in [5.41, 5.74) is 1.89. The zero-order chi connectivity index (χ0) is 21.6. The van der Waals surface area contributed by atoms with Crippen molar-refractivity contribution in [1.29, 1.82) is 0 Å². The number of benzene rings is 2. The third-order valence-corrected chi connectivity index (χ3v) is 6.27. The molecule has 0 unspecified atom stereocenters. The number of nitrogens with zero attached hydrogens (tertiary/aromatic N) is 2. The molecule has 0 aliphatic heterocycles. The van der Waals surface area contributed by atoms with Gasteiger partial charge in [0.05, 0.1) is 30.8 Å². The molecule has 7 nitrogen and oxygen atoms in total. The van der Waals surface area contributed by atoms with E-state index in [1.54, 1.807) is 60.7 Å². The van der Waals surface area contributed by atoms with Crippen LogP contribution in [0.15, 0.2) is 78.0 Å². The summed E-state index contributed by atoms with van der Waals surface area (Å²) < 4.78 is 33.6. The van der Waals surface area contributed by atoms with Crippen LogP contribution in [0.25, 0.3) is 12.2 Å². The van der Waals surface area contributed by atoms with Crippen LogP contribution in [0.1, 0.15) is 11.1 Å². The standard InChI is InChI=1S/C22H22N2O5S/c1-29-20-8-10-21(11-9-20)30(27,28)24(16-17-25)22-5-3-2-4-19(22)7-6-18-12-14-23(26)15-13-18/h2-15,25H,16-17H2,1H3/b7-6+. The van der Waals surface area contributed by atoms with Gasteiger partial charge in [0.1, 0.15) is 5.75 Å². The van der Waals surface area contributed by atoms with Gasteiger partial charge in [-0.25, -0.2) is 8.42 Å². The van der Waals surface area contributed by atoms with Crippen molar-refractivity contribution < 1.29 is 23.0 Å². The van der Waals surface area contributed by atoms with Gasteiger partial charge < -0.3 is 15.1 Å². The average molecular weight is 426 g/mol. The minimum Gasteiger partial charge on any atom is -0.619 e. The van der Waals surface area contributed by atoms with Gasteiger partial charge in [0, 0.05) is 12.1 Å². The Morgan fingerprint density at radius 1 is 1.03 bits per heavy atom. The number of hydrogen-bond acceptors (Lipinski definition) is 5. The quantitative estimate of drug-likeness (QED) is 0.442. The molecule has 1 N–H and O–H groups in total. The molecule has 1 aromatic heterocycles. The Bertz CT molecular complexity index is 1110. The van der Waals surface area contributed by atoms with E-state index < -0.39 is 10.0 Å². The fourth-order valence-corrected chi connectivity index (χ4v) is 4.39. The number of aliphatic hydroxyl groups is 1. The van der Waals surface area contributed by atoms with Crippen LogP contribution in [-0.2, 0) is 10.0 Å². The van der Waals surface area contributed by atoms with Gasteiger partial charge in [-0.2, -0.15) is 4.73 Å². The number of pyridine rings is 1. The van der Waals surface area contributed by atoms with Gasteiger partial charge in [-0.15, -0.1) is 0 Å². The van der Waals surface area contributed by atoms with E-state index in [9.17, 15) is 18.7 Å². The molecule has 0 saturated carbocycles. The molecular weight excluding hydrogens is 404 g/mol. The second kappa shape index (κ2) is 9.43. The first kappa shape index (κ1) is 21.4. The number of ether oxygens (including phenoxy) is 1. The molecule has 0 aliphatic carbocycles. The number of rotatable bonds is 8. The smallest absolute Gasteiger partial charge is 0.264 e. The lowest BCUT2D eigenvalue weighted by Crippen LogP contribution is -2.34. The number of anilines is 1. The Labute approximate surface area is 175 Å². The van der Waals surface area contributed by atoms with E-state index in [1.165, 1.54) is 35.9 Å². The molecular formula is C22H22N2O5S. The molecule has 1 heterocycles. The summed E-state index contributed by atoms with van der Waals surface area (Å²) in [6.45, 7) is -0.434. The molecule has 8 heteroatoms. The summed E-state index contributed by atoms with van der Waals surface area (Å²) in [5.74, 6) is 0.549. The highest BCUT2D eigenvalue weighted by atomic mass is 32.2. The maximum Gasteiger partial charge on any atom is 0.264 e. The van der Waals surface area contributed by atoms with Crippen molar-refractivity contribution in [3.63, 3.8) is 0 Å². The van der Waals surface area contributed by atoms with E-state index in [1.807, 2.05) is 0 Å². The van der Waals surface area contributed by atoms with Gasteiger partial charge in [0.15, 0.2) is 12.4 Å². The Morgan fingerprint density at radius 3 is 2.33 bits per heavy atom. The highest BCUT2D eigenvalue weighted by Gasteiger charge is 2.26. The number of methoxy groups -OCH3 is 1.